The lowest BCUT2D eigenvalue weighted by Crippen LogP contribution is -2.41. The second-order valence-electron chi connectivity index (χ2n) is 7.28. The molecule has 1 unspecified atom stereocenters. The van der Waals surface area contributed by atoms with Crippen LogP contribution in [-0.2, 0) is 16.4 Å². The Balaban J connectivity index is 1.92. The van der Waals surface area contributed by atoms with Crippen LogP contribution in [0.15, 0.2) is 48.5 Å². The summed E-state index contributed by atoms with van der Waals surface area (Å²) in [4.78, 5) is 14.9. The van der Waals surface area contributed by atoms with Gasteiger partial charge in [-0.1, -0.05) is 43.7 Å². The van der Waals surface area contributed by atoms with Crippen LogP contribution in [0.5, 0.6) is 5.75 Å². The van der Waals surface area contributed by atoms with E-state index < -0.39 is 21.7 Å². The van der Waals surface area contributed by atoms with Gasteiger partial charge >= 0.3 is 0 Å². The lowest BCUT2D eigenvalue weighted by atomic mass is 10.1. The summed E-state index contributed by atoms with van der Waals surface area (Å²) in [7, 11) is -3.21. The van der Waals surface area contributed by atoms with E-state index in [4.69, 9.17) is 4.74 Å². The van der Waals surface area contributed by atoms with E-state index in [1.165, 1.54) is 11.0 Å². The van der Waals surface area contributed by atoms with Crippen molar-refractivity contribution in [1.29, 1.82) is 0 Å². The van der Waals surface area contributed by atoms with Gasteiger partial charge in [0.05, 0.1) is 23.7 Å². The van der Waals surface area contributed by atoms with Crippen molar-refractivity contribution < 1.29 is 22.3 Å². The second kappa shape index (κ2) is 9.39. The van der Waals surface area contributed by atoms with Gasteiger partial charge in [0.1, 0.15) is 11.6 Å². The number of nitrogens with zero attached hydrogens (tertiary/aromatic N) is 1. The summed E-state index contributed by atoms with van der Waals surface area (Å²) in [6.45, 7) is 2.55. The Bertz CT molecular complexity index is 961. The molecular formula is C22H26FNO4S. The van der Waals surface area contributed by atoms with Crippen molar-refractivity contribution >= 4 is 15.7 Å². The Labute approximate surface area is 171 Å². The molecule has 1 aliphatic heterocycles. The van der Waals surface area contributed by atoms with E-state index in [0.29, 0.717) is 29.9 Å². The molecule has 2 aromatic rings. The molecule has 7 heteroatoms. The zero-order valence-corrected chi connectivity index (χ0v) is 17.3. The van der Waals surface area contributed by atoms with E-state index >= 15 is 0 Å². The lowest BCUT2D eigenvalue weighted by molar-refractivity contribution is 0.0674. The van der Waals surface area contributed by atoms with Gasteiger partial charge in [-0.3, -0.25) is 4.79 Å². The molecular weight excluding hydrogens is 393 g/mol. The molecule has 0 saturated carbocycles. The molecule has 3 rings (SSSR count). The summed E-state index contributed by atoms with van der Waals surface area (Å²) in [5, 5.41) is 0. The third kappa shape index (κ3) is 5.35. The second-order valence-corrected chi connectivity index (χ2v) is 9.51. The predicted octanol–water partition coefficient (Wildman–Crippen LogP) is 3.83. The van der Waals surface area contributed by atoms with Gasteiger partial charge in [0, 0.05) is 18.2 Å². The molecule has 0 bridgehead atoms. The van der Waals surface area contributed by atoms with Crippen LogP contribution < -0.4 is 4.74 Å². The number of carbonyl (C=O) groups excluding carboxylic acids is 1. The Kier molecular flexibility index (Phi) is 6.90. The van der Waals surface area contributed by atoms with E-state index in [1.807, 2.05) is 0 Å². The van der Waals surface area contributed by atoms with Gasteiger partial charge in [-0.15, -0.1) is 0 Å². The number of halogens is 1. The van der Waals surface area contributed by atoms with Crippen molar-refractivity contribution in [3.63, 3.8) is 0 Å². The normalized spacial score (nSPS) is 17.8. The smallest absolute Gasteiger partial charge is 0.258 e. The molecule has 1 fully saturated rings. The van der Waals surface area contributed by atoms with Crippen LogP contribution >= 0.6 is 0 Å². The highest BCUT2D eigenvalue weighted by atomic mass is 32.2. The standard InChI is InChI=1S/C22H26FNO4S/c1-2-3-13-28-21-11-7-5-9-19(21)22(25)24(18-12-14-29(26,27)16-18)15-17-8-4-6-10-20(17)23/h4-11,18H,2-3,12-16H2,1H3. The maximum Gasteiger partial charge on any atom is 0.258 e. The highest BCUT2D eigenvalue weighted by Gasteiger charge is 2.36. The third-order valence-corrected chi connectivity index (χ3v) is 6.83. The van der Waals surface area contributed by atoms with Crippen LogP contribution in [0.25, 0.3) is 0 Å². The number of carbonyl (C=O) groups is 1. The van der Waals surface area contributed by atoms with E-state index in [-0.39, 0.29) is 24.0 Å². The molecule has 1 saturated heterocycles. The maximum atomic E-state index is 14.3. The van der Waals surface area contributed by atoms with Crippen LogP contribution in [-0.4, -0.2) is 43.4 Å². The molecule has 1 heterocycles. The number of para-hydroxylation sites is 1. The first-order valence-corrected chi connectivity index (χ1v) is 11.7. The molecule has 2 aromatic carbocycles. The van der Waals surface area contributed by atoms with Crippen molar-refractivity contribution in [1.82, 2.24) is 4.90 Å². The van der Waals surface area contributed by atoms with Crippen LogP contribution in [0.4, 0.5) is 4.39 Å². The van der Waals surface area contributed by atoms with Crippen molar-refractivity contribution in [3.05, 3.63) is 65.5 Å². The van der Waals surface area contributed by atoms with Gasteiger partial charge in [0.15, 0.2) is 9.84 Å². The topological polar surface area (TPSA) is 63.7 Å². The summed E-state index contributed by atoms with van der Waals surface area (Å²) < 4.78 is 44.1. The summed E-state index contributed by atoms with van der Waals surface area (Å²) in [5.41, 5.74) is 0.721. The van der Waals surface area contributed by atoms with Crippen molar-refractivity contribution in [2.75, 3.05) is 18.1 Å². The molecule has 29 heavy (non-hydrogen) atoms. The zero-order valence-electron chi connectivity index (χ0n) is 16.5. The van der Waals surface area contributed by atoms with E-state index in [2.05, 4.69) is 6.92 Å². The molecule has 0 spiro atoms. The highest BCUT2D eigenvalue weighted by Crippen LogP contribution is 2.27. The largest absolute Gasteiger partial charge is 0.493 e. The molecule has 0 N–H and O–H groups in total. The van der Waals surface area contributed by atoms with Gasteiger partial charge in [-0.25, -0.2) is 12.8 Å². The first-order chi connectivity index (χ1) is 13.9. The van der Waals surface area contributed by atoms with Crippen LogP contribution in [0, 0.1) is 5.82 Å². The number of unbranched alkanes of at least 4 members (excludes halogenated alkanes) is 1. The fraction of sp³-hybridized carbons (Fsp3) is 0.409. The molecule has 0 radical (unpaired) electrons. The number of sulfone groups is 1. The number of hydrogen-bond acceptors (Lipinski definition) is 4. The molecule has 5 nitrogen and oxygen atoms in total. The fourth-order valence-electron chi connectivity index (χ4n) is 3.45. The number of rotatable bonds is 8. The minimum Gasteiger partial charge on any atom is -0.493 e. The summed E-state index contributed by atoms with van der Waals surface area (Å²) in [6, 6.07) is 12.7. The average molecular weight is 420 g/mol. The number of ether oxygens (including phenoxy) is 1. The predicted molar refractivity (Wildman–Crippen MR) is 110 cm³/mol. The van der Waals surface area contributed by atoms with Gasteiger partial charge in [-0.2, -0.15) is 0 Å². The Morgan fingerprint density at radius 1 is 1.17 bits per heavy atom. The first kappa shape index (κ1) is 21.3. The Hall–Kier alpha value is -2.41. The summed E-state index contributed by atoms with van der Waals surface area (Å²) >= 11 is 0. The minimum absolute atomic E-state index is 0.00892. The van der Waals surface area contributed by atoms with Crippen LogP contribution in [0.3, 0.4) is 0 Å². The average Bonchev–Trinajstić information content (AvgIpc) is 3.07. The quantitative estimate of drug-likeness (QED) is 0.610. The van der Waals surface area contributed by atoms with Gasteiger partial charge in [0.2, 0.25) is 0 Å². The van der Waals surface area contributed by atoms with E-state index in [9.17, 15) is 17.6 Å². The van der Waals surface area contributed by atoms with Crippen molar-refractivity contribution in [2.45, 2.75) is 38.8 Å². The molecule has 1 amide bonds. The number of amides is 1. The summed E-state index contributed by atoms with van der Waals surface area (Å²) in [5.74, 6) is -0.370. The Morgan fingerprint density at radius 3 is 2.59 bits per heavy atom. The fourth-order valence-corrected chi connectivity index (χ4v) is 5.18. The van der Waals surface area contributed by atoms with Crippen molar-refractivity contribution in [2.24, 2.45) is 0 Å². The van der Waals surface area contributed by atoms with Gasteiger partial charge < -0.3 is 9.64 Å². The molecule has 1 atom stereocenters. The SMILES string of the molecule is CCCCOc1ccccc1C(=O)N(Cc1ccccc1F)C1CCS(=O)(=O)C1. The van der Waals surface area contributed by atoms with Gasteiger partial charge in [0.25, 0.3) is 5.91 Å². The first-order valence-electron chi connectivity index (χ1n) is 9.88. The minimum atomic E-state index is -3.21. The zero-order chi connectivity index (χ0) is 20.9. The lowest BCUT2D eigenvalue weighted by Gasteiger charge is -2.29. The summed E-state index contributed by atoms with van der Waals surface area (Å²) in [6.07, 6.45) is 2.18. The van der Waals surface area contributed by atoms with Crippen LogP contribution in [0.1, 0.15) is 42.1 Å². The van der Waals surface area contributed by atoms with E-state index in [0.717, 1.165) is 12.8 Å². The van der Waals surface area contributed by atoms with Crippen molar-refractivity contribution in [3.8, 4) is 5.75 Å². The van der Waals surface area contributed by atoms with Crippen LogP contribution in [0.2, 0.25) is 0 Å². The van der Waals surface area contributed by atoms with E-state index in [1.54, 1.807) is 42.5 Å². The maximum absolute atomic E-state index is 14.3. The molecule has 0 aromatic heterocycles. The molecule has 0 aliphatic carbocycles. The Morgan fingerprint density at radius 2 is 1.90 bits per heavy atom. The number of benzene rings is 2. The third-order valence-electron chi connectivity index (χ3n) is 5.08. The molecule has 156 valence electrons. The highest BCUT2D eigenvalue weighted by molar-refractivity contribution is 7.91. The van der Waals surface area contributed by atoms with Gasteiger partial charge in [-0.05, 0) is 31.0 Å². The molecule has 1 aliphatic rings. The number of hydrogen-bond donors (Lipinski definition) is 0. The monoisotopic (exact) mass is 419 g/mol.